The molecule has 0 bridgehead atoms. The summed E-state index contributed by atoms with van der Waals surface area (Å²) in [5.74, 6) is 0.0545. The number of hydrogen-bond acceptors (Lipinski definition) is 16. The number of hydrogen-bond donors (Lipinski definition) is 6. The van der Waals surface area contributed by atoms with Gasteiger partial charge in [0, 0.05) is 41.8 Å². The molecular formula is C36H40N2O15. The summed E-state index contributed by atoms with van der Waals surface area (Å²) in [6.07, 6.45) is -8.62. The number of esters is 1. The van der Waals surface area contributed by atoms with E-state index in [2.05, 4.69) is 5.32 Å². The van der Waals surface area contributed by atoms with E-state index >= 15 is 0 Å². The summed E-state index contributed by atoms with van der Waals surface area (Å²) in [7, 11) is 1.71. The first-order valence-electron chi connectivity index (χ1n) is 17.0. The molecule has 0 spiro atoms. The second-order valence-electron chi connectivity index (χ2n) is 13.1. The minimum Gasteiger partial charge on any atom is -0.508 e. The molecule has 0 unspecified atom stereocenters. The van der Waals surface area contributed by atoms with E-state index in [1.165, 1.54) is 0 Å². The Morgan fingerprint density at radius 1 is 1.00 bits per heavy atom. The van der Waals surface area contributed by atoms with Gasteiger partial charge in [0.25, 0.3) is 0 Å². The molecule has 3 aromatic carbocycles. The maximum absolute atomic E-state index is 11.9. The molecule has 4 heterocycles. The number of likely N-dealkylation sites (N-methyl/N-ethyl adjacent to an activating group) is 1. The Labute approximate surface area is 302 Å². The van der Waals surface area contributed by atoms with Crippen LogP contribution < -0.4 is 34.9 Å². The third-order valence-electron chi connectivity index (χ3n) is 9.29. The van der Waals surface area contributed by atoms with Gasteiger partial charge < -0.3 is 69.5 Å². The van der Waals surface area contributed by atoms with Crippen LogP contribution in [-0.2, 0) is 35.1 Å². The van der Waals surface area contributed by atoms with Gasteiger partial charge in [-0.2, -0.15) is 4.89 Å². The average molecular weight is 741 g/mol. The predicted octanol–water partition coefficient (Wildman–Crippen LogP) is 1.03. The molecule has 284 valence electrons. The van der Waals surface area contributed by atoms with Crippen molar-refractivity contribution in [2.75, 3.05) is 40.2 Å². The number of carboxylic acids is 1. The molecule has 1 saturated heterocycles. The highest BCUT2D eigenvalue weighted by Gasteiger charge is 2.48. The highest BCUT2D eigenvalue weighted by molar-refractivity contribution is 5.90. The Kier molecular flexibility index (Phi) is 10.7. The molecule has 4 aliphatic rings. The van der Waals surface area contributed by atoms with Gasteiger partial charge in [-0.05, 0) is 42.9 Å². The lowest BCUT2D eigenvalue weighted by atomic mass is 9.88. The lowest BCUT2D eigenvalue weighted by Crippen LogP contribution is -2.61. The maximum atomic E-state index is 11.9. The van der Waals surface area contributed by atoms with Crippen LogP contribution in [-0.4, -0.2) is 109 Å². The molecule has 53 heavy (non-hydrogen) atoms. The number of fused-ring (bicyclic) bond motifs is 6. The molecule has 0 aliphatic carbocycles. The van der Waals surface area contributed by atoms with E-state index in [4.69, 9.17) is 53.8 Å². The minimum atomic E-state index is -1.70. The topological polar surface area (TPSA) is 236 Å². The number of carbonyl (C=O) groups is 2. The summed E-state index contributed by atoms with van der Waals surface area (Å²) < 4.78 is 40.6. The lowest BCUT2D eigenvalue weighted by Gasteiger charge is -2.41. The van der Waals surface area contributed by atoms with Crippen molar-refractivity contribution in [3.05, 3.63) is 70.8 Å². The molecule has 4 aliphatic heterocycles. The normalized spacial score (nSPS) is 25.6. The van der Waals surface area contributed by atoms with E-state index in [0.717, 1.165) is 11.1 Å². The van der Waals surface area contributed by atoms with Crippen LogP contribution in [0, 0.1) is 0 Å². The summed E-state index contributed by atoms with van der Waals surface area (Å²) >= 11 is 0. The monoisotopic (exact) mass is 740 g/mol. The van der Waals surface area contributed by atoms with Crippen molar-refractivity contribution >= 4 is 11.9 Å². The first-order valence-corrected chi connectivity index (χ1v) is 17.0. The number of phenols is 1. The van der Waals surface area contributed by atoms with Crippen molar-refractivity contribution in [2.24, 2.45) is 5.73 Å². The number of aliphatic carboxylic acids is 1. The van der Waals surface area contributed by atoms with Gasteiger partial charge in [-0.1, -0.05) is 12.1 Å². The number of carboxylic acid groups (broad SMARTS) is 1. The van der Waals surface area contributed by atoms with Crippen LogP contribution in [0.5, 0.6) is 34.5 Å². The Balaban J connectivity index is 1.15. The van der Waals surface area contributed by atoms with Crippen molar-refractivity contribution in [1.82, 2.24) is 5.32 Å². The van der Waals surface area contributed by atoms with E-state index in [1.807, 2.05) is 12.1 Å². The third kappa shape index (κ3) is 7.91. The number of rotatable bonds is 14. The van der Waals surface area contributed by atoms with Crippen molar-refractivity contribution in [3.8, 4) is 34.5 Å². The zero-order chi connectivity index (χ0) is 37.2. The lowest BCUT2D eigenvalue weighted by molar-refractivity contribution is -0.373. The first kappa shape index (κ1) is 36.5. The molecule has 7 rings (SSSR count). The summed E-state index contributed by atoms with van der Waals surface area (Å²) in [5, 5.41) is 44.2. The van der Waals surface area contributed by atoms with E-state index in [0.29, 0.717) is 47.3 Å². The van der Waals surface area contributed by atoms with Crippen molar-refractivity contribution in [3.63, 3.8) is 0 Å². The Morgan fingerprint density at radius 2 is 1.81 bits per heavy atom. The second-order valence-corrected chi connectivity index (χ2v) is 13.1. The molecule has 3 aromatic rings. The summed E-state index contributed by atoms with van der Waals surface area (Å²) in [6.45, 7) is 0.187. The number of phenolic OH excluding ortho intramolecular Hbond substituents is 1. The van der Waals surface area contributed by atoms with E-state index in [9.17, 15) is 24.9 Å². The van der Waals surface area contributed by atoms with Gasteiger partial charge in [0.1, 0.15) is 54.7 Å². The van der Waals surface area contributed by atoms with Gasteiger partial charge in [-0.15, -0.1) is 0 Å². The zero-order valence-electron chi connectivity index (χ0n) is 28.5. The predicted molar refractivity (Wildman–Crippen MR) is 179 cm³/mol. The SMILES string of the molecule is CNC[C@H](N)CO[C@H]1O[C@H](COC(=O)CC(=O)O)[C@@H](O)[C@H](O)[C@H]1OOc1cc2c(cc1Cc1cccc(O)c1)OC[C@H]1c3cc4c(cc3O[C@H]21)OCO4. The number of ether oxygens (including phenoxy) is 7. The molecule has 0 aromatic heterocycles. The zero-order valence-corrected chi connectivity index (χ0v) is 28.5. The van der Waals surface area contributed by atoms with Crippen molar-refractivity contribution in [1.29, 1.82) is 0 Å². The van der Waals surface area contributed by atoms with Crippen molar-refractivity contribution in [2.45, 2.75) is 61.6 Å². The van der Waals surface area contributed by atoms with E-state index in [-0.39, 0.29) is 37.2 Å². The van der Waals surface area contributed by atoms with Crippen LogP contribution in [0.25, 0.3) is 0 Å². The highest BCUT2D eigenvalue weighted by Crippen LogP contribution is 2.55. The molecule has 0 radical (unpaired) electrons. The molecule has 8 atom stereocenters. The van der Waals surface area contributed by atoms with Crippen LogP contribution >= 0.6 is 0 Å². The third-order valence-corrected chi connectivity index (χ3v) is 9.29. The fourth-order valence-corrected chi connectivity index (χ4v) is 6.69. The Hall–Kier alpha value is -4.88. The summed E-state index contributed by atoms with van der Waals surface area (Å²) in [5.41, 5.74) is 9.02. The van der Waals surface area contributed by atoms with Crippen molar-refractivity contribution < 1.29 is 72.9 Å². The van der Waals surface area contributed by atoms with Gasteiger partial charge in [0.2, 0.25) is 6.79 Å². The molecule has 17 nitrogen and oxygen atoms in total. The van der Waals surface area contributed by atoms with E-state index in [1.54, 1.807) is 43.4 Å². The van der Waals surface area contributed by atoms with Gasteiger partial charge in [0.15, 0.2) is 29.6 Å². The number of aliphatic hydroxyl groups excluding tert-OH is 2. The quantitative estimate of drug-likeness (QED) is 0.0586. The fraction of sp³-hybridized carbons (Fsp3) is 0.444. The highest BCUT2D eigenvalue weighted by atomic mass is 17.2. The van der Waals surface area contributed by atoms with E-state index < -0.39 is 67.8 Å². The number of carbonyl (C=O) groups excluding carboxylic acids is 1. The summed E-state index contributed by atoms with van der Waals surface area (Å²) in [6, 6.07) is 13.4. The Bertz CT molecular complexity index is 1820. The average Bonchev–Trinajstić information content (AvgIpc) is 3.73. The molecule has 0 saturated carbocycles. The van der Waals surface area contributed by atoms with Gasteiger partial charge in [-0.25, -0.2) is 0 Å². The number of nitrogens with two attached hydrogens (primary N) is 1. The largest absolute Gasteiger partial charge is 0.508 e. The Morgan fingerprint density at radius 3 is 2.58 bits per heavy atom. The number of benzene rings is 3. The maximum Gasteiger partial charge on any atom is 0.317 e. The molecule has 0 amide bonds. The number of aromatic hydroxyl groups is 1. The summed E-state index contributed by atoms with van der Waals surface area (Å²) in [4.78, 5) is 34.6. The molecule has 1 fully saturated rings. The smallest absolute Gasteiger partial charge is 0.317 e. The molecule has 17 heteroatoms. The van der Waals surface area contributed by atoms with Crippen LogP contribution in [0.3, 0.4) is 0 Å². The van der Waals surface area contributed by atoms with Crippen LogP contribution in [0.15, 0.2) is 48.5 Å². The van der Waals surface area contributed by atoms with Gasteiger partial charge in [-0.3, -0.25) is 9.59 Å². The van der Waals surface area contributed by atoms with Gasteiger partial charge in [0.05, 0.1) is 19.1 Å². The van der Waals surface area contributed by atoms with Crippen LogP contribution in [0.2, 0.25) is 0 Å². The van der Waals surface area contributed by atoms with Crippen LogP contribution in [0.4, 0.5) is 0 Å². The standard InChI is InChI=1S/C36H40N2O15/c1-38-12-19(37)13-47-36-35(33(44)32(43)29(51-36)15-46-31(42)11-30(40)41)53-52-24-9-22-25(7-18(24)5-17-3-2-4-20(39)6-17)45-14-23-21-8-27-28(49-16-48-27)10-26(21)50-34(22)23/h2-4,6-10,19,23,29,32-36,38-39,43-44H,5,11-16,37H2,1H3,(H,40,41)/t19-,23-,29+,32+,33-,34+,35+,36-/m0/s1. The molecular weight excluding hydrogens is 700 g/mol. The fourth-order valence-electron chi connectivity index (χ4n) is 6.69. The van der Waals surface area contributed by atoms with Crippen LogP contribution in [0.1, 0.15) is 40.7 Å². The first-order chi connectivity index (χ1) is 25.6. The number of aliphatic hydroxyl groups is 2. The second kappa shape index (κ2) is 15.6. The van der Waals surface area contributed by atoms with Gasteiger partial charge >= 0.3 is 11.9 Å². The minimum absolute atomic E-state index is 0.0703. The number of nitrogens with one attached hydrogen (secondary N) is 1. The molecule has 7 N–H and O–H groups in total.